The fraction of sp³-hybridized carbons (Fsp3) is 0.980. The summed E-state index contributed by atoms with van der Waals surface area (Å²) in [5, 5.41) is 3.33. The molecule has 7 saturated heterocycles. The molecule has 7 fully saturated rings. The Morgan fingerprint density at radius 1 is 0.391 bits per heavy atom. The van der Waals surface area contributed by atoms with Crippen LogP contribution in [-0.2, 0) is 19.4 Å². The summed E-state index contributed by atoms with van der Waals surface area (Å²) in [5.41, 5.74) is 0. The molecular formula is C51H110N8O4S. The fourth-order valence-corrected chi connectivity index (χ4v) is 9.60. The highest BCUT2D eigenvalue weighted by molar-refractivity contribution is 7.91. The van der Waals surface area contributed by atoms with Crippen molar-refractivity contribution in [2.45, 2.75) is 198 Å². The average Bonchev–Trinajstić information content (AvgIpc) is 3.79. The van der Waals surface area contributed by atoms with Gasteiger partial charge in [0.25, 0.3) is 0 Å². The van der Waals surface area contributed by atoms with Crippen LogP contribution in [0.2, 0.25) is 0 Å². The molecule has 0 aromatic carbocycles. The van der Waals surface area contributed by atoms with Crippen molar-refractivity contribution >= 4 is 15.6 Å². The summed E-state index contributed by atoms with van der Waals surface area (Å²) in [7, 11) is -2.69. The molecule has 0 aromatic heterocycles. The first-order valence-electron chi connectivity index (χ1n) is 25.9. The highest BCUT2D eigenvalue weighted by Gasteiger charge is 2.23. The van der Waals surface area contributed by atoms with Gasteiger partial charge in [0.2, 0.25) is 0 Å². The van der Waals surface area contributed by atoms with E-state index in [0.717, 1.165) is 89.5 Å². The largest absolute Gasteiger partial charge is 0.379 e. The molecule has 64 heavy (non-hydrogen) atoms. The Labute approximate surface area is 399 Å². The van der Waals surface area contributed by atoms with E-state index in [1.807, 2.05) is 0 Å². The number of likely N-dealkylation sites (tertiary alicyclic amines) is 4. The zero-order chi connectivity index (χ0) is 47.4. The number of rotatable bonds is 7. The molecule has 7 rings (SSSR count). The van der Waals surface area contributed by atoms with Gasteiger partial charge in [0.1, 0.15) is 5.78 Å². The Bertz CT molecular complexity index is 1130. The lowest BCUT2D eigenvalue weighted by atomic mass is 10.1. The lowest BCUT2D eigenvalue weighted by molar-refractivity contribution is -0.121. The number of carbonyl (C=O) groups is 1. The molecule has 13 heteroatoms. The van der Waals surface area contributed by atoms with Crippen LogP contribution in [0.1, 0.15) is 156 Å². The van der Waals surface area contributed by atoms with Crippen LogP contribution in [-0.4, -0.2) is 220 Å². The first-order chi connectivity index (χ1) is 29.7. The highest BCUT2D eigenvalue weighted by Crippen LogP contribution is 2.13. The van der Waals surface area contributed by atoms with E-state index in [1.165, 1.54) is 90.9 Å². The van der Waals surface area contributed by atoms with E-state index in [2.05, 4.69) is 137 Å². The predicted molar refractivity (Wildman–Crippen MR) is 278 cm³/mol. The van der Waals surface area contributed by atoms with Crippen molar-refractivity contribution in [2.75, 3.05) is 129 Å². The Morgan fingerprint density at radius 3 is 0.953 bits per heavy atom. The standard InChI is InChI=1S/C8H15NO.C8H17N.C7H16N2.C7H15NO2S.C7H15NO.C7H15N.C6H13N.CH4/c1-7(2)9-5-3-8(10)4-6-9;1-8(2)9-6-4-3-5-7-9;1-7(2)9-5-3-8-4-6-9;1-7(2)8-3-5-11(9,10)6-4-8;1-7(2)8-3-5-9-6-4-8;1-7(2)8-5-3-4-6-8;1-6(2)7-4-3-5-7;/h7H,3-6H2,1-2H3;8H,3-7H2,1-2H3;7-8H,3-6H2,1-2H3;7H,3-6H2,1-2H3;7H,3-6H2,1-2H3;7H,3-6H2,1-2H3;6H,3-5H2,1-2H3;1H4. The van der Waals surface area contributed by atoms with Crippen LogP contribution in [0.5, 0.6) is 0 Å². The molecule has 384 valence electrons. The van der Waals surface area contributed by atoms with Crippen molar-refractivity contribution in [2.24, 2.45) is 0 Å². The van der Waals surface area contributed by atoms with E-state index >= 15 is 0 Å². The number of nitrogens with one attached hydrogen (secondary N) is 1. The van der Waals surface area contributed by atoms with Gasteiger partial charge in [0.05, 0.1) is 24.7 Å². The zero-order valence-electron chi connectivity index (χ0n) is 44.0. The number of morpholine rings is 1. The van der Waals surface area contributed by atoms with Crippen LogP contribution in [0.25, 0.3) is 0 Å². The molecule has 0 aliphatic carbocycles. The third kappa shape index (κ3) is 29.9. The molecule has 1 N–H and O–H groups in total. The minimum atomic E-state index is -2.69. The monoisotopic (exact) mass is 931 g/mol. The van der Waals surface area contributed by atoms with Gasteiger partial charge in [-0.25, -0.2) is 8.42 Å². The molecule has 0 radical (unpaired) electrons. The van der Waals surface area contributed by atoms with Crippen LogP contribution < -0.4 is 5.32 Å². The smallest absolute Gasteiger partial charge is 0.152 e. The number of nitrogens with zero attached hydrogens (tertiary/aromatic N) is 7. The number of carbonyl (C=O) groups excluding carboxylic acids is 1. The van der Waals surface area contributed by atoms with Gasteiger partial charge in [0, 0.05) is 121 Å². The van der Waals surface area contributed by atoms with Crippen LogP contribution in [0.4, 0.5) is 0 Å². The maximum absolute atomic E-state index is 11.0. The summed E-state index contributed by atoms with van der Waals surface area (Å²) >= 11 is 0. The third-order valence-corrected chi connectivity index (χ3v) is 15.1. The normalized spacial score (nSPS) is 22.9. The lowest BCUT2D eigenvalue weighted by Gasteiger charge is -2.34. The van der Waals surface area contributed by atoms with E-state index in [-0.39, 0.29) is 7.43 Å². The molecule has 0 saturated carbocycles. The second-order valence-corrected chi connectivity index (χ2v) is 22.9. The number of piperazine rings is 1. The molecule has 0 spiro atoms. The van der Waals surface area contributed by atoms with Crippen LogP contribution in [0.15, 0.2) is 0 Å². The van der Waals surface area contributed by atoms with Gasteiger partial charge >= 0.3 is 0 Å². The van der Waals surface area contributed by atoms with Gasteiger partial charge in [0.15, 0.2) is 9.84 Å². The first kappa shape index (κ1) is 63.3. The summed E-state index contributed by atoms with van der Waals surface area (Å²) in [5.74, 6) is 1.10. The molecule has 0 amide bonds. The maximum Gasteiger partial charge on any atom is 0.152 e. The van der Waals surface area contributed by atoms with E-state index in [1.54, 1.807) is 0 Å². The van der Waals surface area contributed by atoms with Crippen molar-refractivity contribution in [1.82, 2.24) is 39.6 Å². The lowest BCUT2D eigenvalue weighted by Crippen LogP contribution is -2.46. The molecule has 12 nitrogen and oxygen atoms in total. The van der Waals surface area contributed by atoms with E-state index in [0.29, 0.717) is 48.5 Å². The highest BCUT2D eigenvalue weighted by atomic mass is 32.2. The third-order valence-electron chi connectivity index (χ3n) is 13.5. The fourth-order valence-electron chi connectivity index (χ4n) is 8.37. The number of ketones is 1. The summed E-state index contributed by atoms with van der Waals surface area (Å²) in [4.78, 5) is 27.8. The SMILES string of the molecule is C.CC(C)N1CCC(=O)CC1.CC(C)N1CCC1.CC(C)N1CCCC1.CC(C)N1CCCCC1.CC(C)N1CCNCC1.CC(C)N1CCOCC1.CC(C)N1CCS(=O)(=O)CC1. The second-order valence-electron chi connectivity index (χ2n) is 20.6. The summed E-state index contributed by atoms with van der Waals surface area (Å²) in [6.07, 6.45) is 10.0. The maximum atomic E-state index is 11.0. The second kappa shape index (κ2) is 36.3. The molecule has 0 atom stereocenters. The first-order valence-corrected chi connectivity index (χ1v) is 27.7. The van der Waals surface area contributed by atoms with E-state index in [4.69, 9.17) is 4.74 Å². The number of sulfone groups is 1. The Balaban J connectivity index is 0.000000724. The molecule has 7 heterocycles. The van der Waals surface area contributed by atoms with Crippen LogP contribution in [0, 0.1) is 0 Å². The molecule has 7 aliphatic rings. The molecule has 0 aromatic rings. The van der Waals surface area contributed by atoms with Gasteiger partial charge < -0.3 is 29.7 Å². The minimum absolute atomic E-state index is 0. The quantitative estimate of drug-likeness (QED) is 0.278. The number of Topliss-reactive ketones (excluding diaryl/α,β-unsaturated/α-hetero) is 1. The molecule has 0 unspecified atom stereocenters. The Kier molecular flexibility index (Phi) is 35.9. The Morgan fingerprint density at radius 2 is 0.672 bits per heavy atom. The van der Waals surface area contributed by atoms with Gasteiger partial charge in [-0.3, -0.25) is 19.5 Å². The van der Waals surface area contributed by atoms with Gasteiger partial charge in [-0.05, 0) is 168 Å². The van der Waals surface area contributed by atoms with E-state index in [9.17, 15) is 13.2 Å². The van der Waals surface area contributed by atoms with Crippen molar-refractivity contribution in [3.05, 3.63) is 0 Å². The van der Waals surface area contributed by atoms with Gasteiger partial charge in [-0.15, -0.1) is 0 Å². The number of hydrogen-bond donors (Lipinski definition) is 1. The predicted octanol–water partition coefficient (Wildman–Crippen LogP) is 7.32. The topological polar surface area (TPSA) is 95.2 Å². The van der Waals surface area contributed by atoms with Crippen molar-refractivity contribution in [3.63, 3.8) is 0 Å². The van der Waals surface area contributed by atoms with Crippen molar-refractivity contribution in [3.8, 4) is 0 Å². The van der Waals surface area contributed by atoms with Crippen molar-refractivity contribution < 1.29 is 17.9 Å². The number of hydrogen-bond acceptors (Lipinski definition) is 12. The molecule has 0 bridgehead atoms. The van der Waals surface area contributed by atoms with E-state index < -0.39 is 9.84 Å². The van der Waals surface area contributed by atoms with Gasteiger partial charge in [-0.2, -0.15) is 0 Å². The summed E-state index contributed by atoms with van der Waals surface area (Å²) in [6, 6.07) is 4.83. The molecular weight excluding hydrogens is 821 g/mol. The summed E-state index contributed by atoms with van der Waals surface area (Å²) in [6.45, 7) is 51.3. The van der Waals surface area contributed by atoms with Crippen LogP contribution in [0.3, 0.4) is 0 Å². The summed E-state index contributed by atoms with van der Waals surface area (Å²) < 4.78 is 27.2. The Hall–Kier alpha value is -0.740. The van der Waals surface area contributed by atoms with Crippen molar-refractivity contribution in [1.29, 1.82) is 0 Å². The zero-order valence-corrected chi connectivity index (χ0v) is 44.8. The molecule has 7 aliphatic heterocycles. The number of ether oxygens (including phenoxy) is 1. The average molecular weight is 932 g/mol. The minimum Gasteiger partial charge on any atom is -0.379 e. The van der Waals surface area contributed by atoms with Gasteiger partial charge in [-0.1, -0.05) is 13.8 Å². The van der Waals surface area contributed by atoms with Crippen LogP contribution >= 0.6 is 0 Å². The number of piperidine rings is 2.